The van der Waals surface area contributed by atoms with Crippen LogP contribution in [0.3, 0.4) is 0 Å². The van der Waals surface area contributed by atoms with Gasteiger partial charge in [-0.15, -0.1) is 0 Å². The van der Waals surface area contributed by atoms with Gasteiger partial charge in [-0.3, -0.25) is 0 Å². The summed E-state index contributed by atoms with van der Waals surface area (Å²) in [6.45, 7) is 9.23. The Balaban J connectivity index is 3.22. The molecule has 1 atom stereocenters. The normalized spacial score (nSPS) is 13.4. The summed E-state index contributed by atoms with van der Waals surface area (Å²) in [5.41, 5.74) is 1.20. The van der Waals surface area contributed by atoms with Gasteiger partial charge in [0, 0.05) is 6.04 Å². The monoisotopic (exact) mass is 313 g/mol. The van der Waals surface area contributed by atoms with Gasteiger partial charge in [-0.05, 0) is 56.4 Å². The average molecular weight is 313 g/mol. The third-order valence-electron chi connectivity index (χ3n) is 3.34. The summed E-state index contributed by atoms with van der Waals surface area (Å²) in [5, 5.41) is 9.08. The lowest BCUT2D eigenvalue weighted by Crippen LogP contribution is -2.34. The van der Waals surface area contributed by atoms with Gasteiger partial charge < -0.3 is 5.11 Å². The number of hydrogen-bond acceptors (Lipinski definition) is 3. The second-order valence-corrected chi connectivity index (χ2v) is 7.56. The molecule has 6 heteroatoms. The molecule has 1 aromatic rings. The highest BCUT2D eigenvalue weighted by atomic mass is 32.2. The number of carboxylic acid groups (broad SMARTS) is 1. The van der Waals surface area contributed by atoms with E-state index in [0.717, 1.165) is 6.42 Å². The van der Waals surface area contributed by atoms with E-state index in [1.807, 2.05) is 13.8 Å². The first-order valence-electron chi connectivity index (χ1n) is 6.91. The number of aromatic carboxylic acids is 1. The van der Waals surface area contributed by atoms with Crippen LogP contribution in [0, 0.1) is 19.8 Å². The molecule has 0 aliphatic rings. The van der Waals surface area contributed by atoms with Crippen molar-refractivity contribution in [1.29, 1.82) is 0 Å². The highest BCUT2D eigenvalue weighted by Crippen LogP contribution is 2.22. The van der Waals surface area contributed by atoms with E-state index in [2.05, 4.69) is 4.72 Å². The lowest BCUT2D eigenvalue weighted by atomic mass is 10.1. The minimum absolute atomic E-state index is 0.0185. The Hall–Kier alpha value is -1.40. The van der Waals surface area contributed by atoms with Gasteiger partial charge in [-0.1, -0.05) is 13.8 Å². The topological polar surface area (TPSA) is 83.5 Å². The van der Waals surface area contributed by atoms with E-state index in [0.29, 0.717) is 17.0 Å². The fraction of sp³-hybridized carbons (Fsp3) is 0.533. The molecule has 0 amide bonds. The van der Waals surface area contributed by atoms with E-state index >= 15 is 0 Å². The zero-order valence-electron chi connectivity index (χ0n) is 13.1. The maximum atomic E-state index is 12.5. The minimum Gasteiger partial charge on any atom is -0.478 e. The first-order chi connectivity index (χ1) is 9.54. The highest BCUT2D eigenvalue weighted by Gasteiger charge is 2.22. The van der Waals surface area contributed by atoms with E-state index in [4.69, 9.17) is 5.11 Å². The number of sulfonamides is 1. The van der Waals surface area contributed by atoms with Gasteiger partial charge in [-0.2, -0.15) is 0 Å². The van der Waals surface area contributed by atoms with E-state index in [1.54, 1.807) is 20.8 Å². The Bertz CT molecular complexity index is 635. The third kappa shape index (κ3) is 4.54. The van der Waals surface area contributed by atoms with Gasteiger partial charge in [0.1, 0.15) is 0 Å². The SMILES string of the molecule is Cc1cc(C(=O)O)cc(S(=O)(=O)NC(C)CC(C)C)c1C. The molecule has 0 aliphatic carbocycles. The molecule has 0 aliphatic heterocycles. The molecule has 118 valence electrons. The van der Waals surface area contributed by atoms with Crippen molar-refractivity contribution in [2.24, 2.45) is 5.92 Å². The summed E-state index contributed by atoms with van der Waals surface area (Å²) in [7, 11) is -3.73. The van der Waals surface area contributed by atoms with E-state index in [1.165, 1.54) is 12.1 Å². The summed E-state index contributed by atoms with van der Waals surface area (Å²) in [6, 6.07) is 2.49. The molecule has 1 rings (SSSR count). The molecular formula is C15H23NO4S. The van der Waals surface area contributed by atoms with Crippen LogP contribution in [0.1, 0.15) is 48.7 Å². The van der Waals surface area contributed by atoms with Crippen molar-refractivity contribution in [1.82, 2.24) is 4.72 Å². The van der Waals surface area contributed by atoms with Crippen LogP contribution in [0.2, 0.25) is 0 Å². The molecule has 0 saturated carbocycles. The fourth-order valence-electron chi connectivity index (χ4n) is 2.31. The molecule has 0 aromatic heterocycles. The first-order valence-corrected chi connectivity index (χ1v) is 8.39. The van der Waals surface area contributed by atoms with Crippen molar-refractivity contribution in [2.75, 3.05) is 0 Å². The Morgan fingerprint density at radius 1 is 1.24 bits per heavy atom. The predicted octanol–water partition coefficient (Wildman–Crippen LogP) is 2.71. The summed E-state index contributed by atoms with van der Waals surface area (Å²) >= 11 is 0. The van der Waals surface area contributed by atoms with Gasteiger partial charge in [0.15, 0.2) is 0 Å². The van der Waals surface area contributed by atoms with Crippen LogP contribution in [0.15, 0.2) is 17.0 Å². The molecule has 0 bridgehead atoms. The summed E-state index contributed by atoms with van der Waals surface area (Å²) < 4.78 is 27.6. The van der Waals surface area contributed by atoms with Crippen molar-refractivity contribution in [3.63, 3.8) is 0 Å². The van der Waals surface area contributed by atoms with Crippen LogP contribution >= 0.6 is 0 Å². The van der Waals surface area contributed by atoms with E-state index in [-0.39, 0.29) is 16.5 Å². The molecule has 1 aromatic carbocycles. The van der Waals surface area contributed by atoms with Gasteiger partial charge >= 0.3 is 5.97 Å². The van der Waals surface area contributed by atoms with Crippen molar-refractivity contribution in [2.45, 2.75) is 52.0 Å². The fourth-order valence-corrected chi connectivity index (χ4v) is 3.91. The second kappa shape index (κ2) is 6.58. The largest absolute Gasteiger partial charge is 0.478 e. The number of nitrogens with one attached hydrogen (secondary N) is 1. The second-order valence-electron chi connectivity index (χ2n) is 5.87. The van der Waals surface area contributed by atoms with E-state index in [9.17, 15) is 13.2 Å². The maximum Gasteiger partial charge on any atom is 0.335 e. The zero-order valence-corrected chi connectivity index (χ0v) is 13.9. The highest BCUT2D eigenvalue weighted by molar-refractivity contribution is 7.89. The Labute approximate surface area is 126 Å². The average Bonchev–Trinajstić information content (AvgIpc) is 2.29. The Morgan fingerprint density at radius 2 is 1.81 bits per heavy atom. The van der Waals surface area contributed by atoms with Crippen molar-refractivity contribution in [3.05, 3.63) is 28.8 Å². The maximum absolute atomic E-state index is 12.5. The molecular weight excluding hydrogens is 290 g/mol. The van der Waals surface area contributed by atoms with Crippen LogP contribution in [0.4, 0.5) is 0 Å². The molecule has 21 heavy (non-hydrogen) atoms. The number of hydrogen-bond donors (Lipinski definition) is 2. The summed E-state index contributed by atoms with van der Waals surface area (Å²) in [4.78, 5) is 11.1. The molecule has 0 fully saturated rings. The molecule has 1 unspecified atom stereocenters. The predicted molar refractivity (Wildman–Crippen MR) is 82.1 cm³/mol. The molecule has 0 heterocycles. The van der Waals surface area contributed by atoms with Gasteiger partial charge in [0.2, 0.25) is 10.0 Å². The Morgan fingerprint density at radius 3 is 2.29 bits per heavy atom. The van der Waals surface area contributed by atoms with Crippen molar-refractivity contribution in [3.8, 4) is 0 Å². The summed E-state index contributed by atoms with van der Waals surface area (Å²) in [5.74, 6) is -0.763. The van der Waals surface area contributed by atoms with Gasteiger partial charge in [0.25, 0.3) is 0 Å². The smallest absolute Gasteiger partial charge is 0.335 e. The van der Waals surface area contributed by atoms with Crippen molar-refractivity contribution < 1.29 is 18.3 Å². The standard InChI is InChI=1S/C15H23NO4S/c1-9(2)6-11(4)16-21(19,20)14-8-13(15(17)18)7-10(3)12(14)5/h7-9,11,16H,6H2,1-5H3,(H,17,18). The quantitative estimate of drug-likeness (QED) is 0.846. The number of rotatable bonds is 6. The summed E-state index contributed by atoms with van der Waals surface area (Å²) in [6.07, 6.45) is 0.718. The number of carboxylic acids is 1. The molecule has 2 N–H and O–H groups in total. The number of benzene rings is 1. The lowest BCUT2D eigenvalue weighted by molar-refractivity contribution is 0.0696. The zero-order chi connectivity index (χ0) is 16.4. The van der Waals surface area contributed by atoms with E-state index < -0.39 is 16.0 Å². The van der Waals surface area contributed by atoms with Gasteiger partial charge in [-0.25, -0.2) is 17.9 Å². The molecule has 0 radical (unpaired) electrons. The van der Waals surface area contributed by atoms with Crippen molar-refractivity contribution >= 4 is 16.0 Å². The van der Waals surface area contributed by atoms with Gasteiger partial charge in [0.05, 0.1) is 10.5 Å². The molecule has 0 spiro atoms. The van der Waals surface area contributed by atoms with Crippen LogP contribution in [0.25, 0.3) is 0 Å². The van der Waals surface area contributed by atoms with Crippen LogP contribution in [-0.4, -0.2) is 25.5 Å². The lowest BCUT2D eigenvalue weighted by Gasteiger charge is -2.18. The Kier molecular flexibility index (Phi) is 5.53. The third-order valence-corrected chi connectivity index (χ3v) is 5.05. The van der Waals surface area contributed by atoms with Crippen LogP contribution < -0.4 is 4.72 Å². The molecule has 5 nitrogen and oxygen atoms in total. The van der Waals surface area contributed by atoms with Crippen LogP contribution in [-0.2, 0) is 10.0 Å². The first kappa shape index (κ1) is 17.7. The number of aryl methyl sites for hydroxylation is 1. The minimum atomic E-state index is -3.73. The number of carbonyl (C=O) groups is 1. The van der Waals surface area contributed by atoms with Crippen LogP contribution in [0.5, 0.6) is 0 Å². The molecule has 0 saturated heterocycles.